The molecule has 136 valence electrons. The largest absolute Gasteiger partial charge is 0.490 e. The van der Waals surface area contributed by atoms with Crippen molar-refractivity contribution in [1.29, 1.82) is 0 Å². The average Bonchev–Trinajstić information content (AvgIpc) is 2.53. The molecule has 0 atom stereocenters. The van der Waals surface area contributed by atoms with Gasteiger partial charge in [0.2, 0.25) is 0 Å². The predicted octanol–water partition coefficient (Wildman–Crippen LogP) is 3.67. The van der Waals surface area contributed by atoms with Crippen LogP contribution in [0, 0.1) is 5.41 Å². The number of carboxylic acid groups (broad SMARTS) is 1. The maximum atomic E-state index is 12.4. The van der Waals surface area contributed by atoms with E-state index in [-0.39, 0.29) is 11.5 Å². The lowest BCUT2D eigenvalue weighted by molar-refractivity contribution is -0.149. The van der Waals surface area contributed by atoms with Gasteiger partial charge in [-0.2, -0.15) is 8.78 Å². The van der Waals surface area contributed by atoms with Crippen LogP contribution in [0.25, 0.3) is 0 Å². The molecule has 24 heavy (non-hydrogen) atoms. The number of alkyl halides is 2. The molecule has 0 spiro atoms. The first kappa shape index (κ1) is 20.2. The fourth-order valence-electron chi connectivity index (χ4n) is 2.45. The van der Waals surface area contributed by atoms with E-state index in [2.05, 4.69) is 10.1 Å². The Balaban J connectivity index is 2.77. The number of carbonyl (C=O) groups is 1. The van der Waals surface area contributed by atoms with E-state index in [9.17, 15) is 18.7 Å². The lowest BCUT2D eigenvalue weighted by Gasteiger charge is -2.27. The van der Waals surface area contributed by atoms with E-state index in [1.165, 1.54) is 6.07 Å². The molecule has 0 fully saturated rings. The summed E-state index contributed by atoms with van der Waals surface area (Å²) in [4.78, 5) is 11.5. The van der Waals surface area contributed by atoms with Gasteiger partial charge in [0.1, 0.15) is 0 Å². The molecule has 0 radical (unpaired) electrons. The summed E-state index contributed by atoms with van der Waals surface area (Å²) in [5.74, 6) is -0.596. The van der Waals surface area contributed by atoms with Gasteiger partial charge < -0.3 is 19.9 Å². The molecule has 0 bridgehead atoms. The minimum absolute atomic E-state index is 0.0161. The molecule has 0 amide bonds. The molecule has 0 aliphatic heterocycles. The van der Waals surface area contributed by atoms with Crippen LogP contribution in [0.2, 0.25) is 0 Å². The maximum absolute atomic E-state index is 12.4. The monoisotopic (exact) mass is 345 g/mol. The van der Waals surface area contributed by atoms with E-state index in [0.29, 0.717) is 32.5 Å². The highest BCUT2D eigenvalue weighted by Crippen LogP contribution is 2.30. The summed E-state index contributed by atoms with van der Waals surface area (Å²) in [6.07, 6.45) is 1.05. The molecular weight excluding hydrogens is 320 g/mol. The second-order valence-corrected chi connectivity index (χ2v) is 5.49. The van der Waals surface area contributed by atoms with Crippen LogP contribution >= 0.6 is 0 Å². The molecule has 0 heterocycles. The molecule has 5 nitrogen and oxygen atoms in total. The molecular formula is C17H25F2NO4. The third-order valence-corrected chi connectivity index (χ3v) is 4.12. The van der Waals surface area contributed by atoms with Crippen molar-refractivity contribution in [3.8, 4) is 11.5 Å². The first-order chi connectivity index (χ1) is 11.4. The highest BCUT2D eigenvalue weighted by molar-refractivity contribution is 5.74. The Kier molecular flexibility index (Phi) is 7.91. The summed E-state index contributed by atoms with van der Waals surface area (Å²) in [7, 11) is 0. The van der Waals surface area contributed by atoms with Gasteiger partial charge in [0.15, 0.2) is 11.5 Å². The molecule has 0 saturated carbocycles. The summed E-state index contributed by atoms with van der Waals surface area (Å²) in [6.45, 7) is 3.59. The molecule has 0 aromatic heterocycles. The quantitative estimate of drug-likeness (QED) is 0.640. The molecule has 1 rings (SSSR count). The fourth-order valence-corrected chi connectivity index (χ4v) is 2.45. The molecule has 0 unspecified atom stereocenters. The first-order valence-electron chi connectivity index (χ1n) is 8.03. The Morgan fingerprint density at radius 1 is 1.25 bits per heavy atom. The molecule has 1 aromatic rings. The van der Waals surface area contributed by atoms with Crippen molar-refractivity contribution in [3.63, 3.8) is 0 Å². The second kappa shape index (κ2) is 9.42. The molecule has 1 aromatic carbocycles. The highest BCUT2D eigenvalue weighted by atomic mass is 19.3. The van der Waals surface area contributed by atoms with Crippen LogP contribution in [-0.2, 0) is 11.3 Å². The Bertz CT molecular complexity index is 533. The van der Waals surface area contributed by atoms with Crippen LogP contribution in [0.3, 0.4) is 0 Å². The third-order valence-electron chi connectivity index (χ3n) is 4.12. The normalized spacial score (nSPS) is 11.6. The summed E-state index contributed by atoms with van der Waals surface area (Å²) in [6, 6.07) is 4.69. The number of benzene rings is 1. The number of nitrogens with one attached hydrogen (secondary N) is 1. The van der Waals surface area contributed by atoms with Gasteiger partial charge in [-0.3, -0.25) is 4.79 Å². The van der Waals surface area contributed by atoms with E-state index < -0.39 is 18.0 Å². The van der Waals surface area contributed by atoms with E-state index in [0.717, 1.165) is 5.56 Å². The van der Waals surface area contributed by atoms with Crippen molar-refractivity contribution >= 4 is 5.97 Å². The smallest absolute Gasteiger partial charge is 0.387 e. The predicted molar refractivity (Wildman–Crippen MR) is 86.6 cm³/mol. The van der Waals surface area contributed by atoms with Gasteiger partial charge in [0.25, 0.3) is 0 Å². The number of rotatable bonds is 11. The number of hydrogen-bond acceptors (Lipinski definition) is 4. The second-order valence-electron chi connectivity index (χ2n) is 5.49. The van der Waals surface area contributed by atoms with E-state index >= 15 is 0 Å². The van der Waals surface area contributed by atoms with Gasteiger partial charge in [0, 0.05) is 13.1 Å². The van der Waals surface area contributed by atoms with Crippen LogP contribution in [0.15, 0.2) is 18.2 Å². The maximum Gasteiger partial charge on any atom is 0.387 e. The zero-order valence-electron chi connectivity index (χ0n) is 14.3. The highest BCUT2D eigenvalue weighted by Gasteiger charge is 2.34. The van der Waals surface area contributed by atoms with Gasteiger partial charge in [-0.05, 0) is 37.5 Å². The minimum Gasteiger partial charge on any atom is -0.490 e. The Morgan fingerprint density at radius 3 is 2.42 bits per heavy atom. The van der Waals surface area contributed by atoms with Crippen LogP contribution in [0.4, 0.5) is 8.78 Å². The summed E-state index contributed by atoms with van der Waals surface area (Å²) >= 11 is 0. The van der Waals surface area contributed by atoms with E-state index in [4.69, 9.17) is 4.74 Å². The standard InChI is InChI=1S/C17H25F2NO4/c1-4-17(5-2,15(21)22)11-20-10-12-7-8-13(24-16(18)19)14(9-12)23-6-3/h7-9,16,20H,4-6,10-11H2,1-3H3,(H,21,22). The zero-order valence-corrected chi connectivity index (χ0v) is 14.3. The van der Waals surface area contributed by atoms with Crippen molar-refractivity contribution in [1.82, 2.24) is 5.32 Å². The number of carboxylic acids is 1. The molecule has 0 aliphatic carbocycles. The van der Waals surface area contributed by atoms with Gasteiger partial charge in [-0.1, -0.05) is 19.9 Å². The topological polar surface area (TPSA) is 67.8 Å². The van der Waals surface area contributed by atoms with Crippen molar-refractivity contribution in [2.75, 3.05) is 13.2 Å². The molecule has 2 N–H and O–H groups in total. The Hall–Kier alpha value is -1.89. The Labute approximate surface area is 141 Å². The summed E-state index contributed by atoms with van der Waals surface area (Å²) in [5.41, 5.74) is -0.00635. The Morgan fingerprint density at radius 2 is 1.92 bits per heavy atom. The van der Waals surface area contributed by atoms with Gasteiger partial charge in [0.05, 0.1) is 12.0 Å². The number of ether oxygens (including phenoxy) is 2. The fraction of sp³-hybridized carbons (Fsp3) is 0.588. The van der Waals surface area contributed by atoms with Gasteiger partial charge in [-0.15, -0.1) is 0 Å². The minimum atomic E-state index is -2.92. The first-order valence-corrected chi connectivity index (χ1v) is 8.03. The van der Waals surface area contributed by atoms with Crippen LogP contribution in [-0.4, -0.2) is 30.8 Å². The van der Waals surface area contributed by atoms with Crippen molar-refractivity contribution in [2.24, 2.45) is 5.41 Å². The summed E-state index contributed by atoms with van der Waals surface area (Å²) < 4.78 is 34.5. The van der Waals surface area contributed by atoms with Crippen LogP contribution < -0.4 is 14.8 Å². The van der Waals surface area contributed by atoms with Crippen LogP contribution in [0.5, 0.6) is 11.5 Å². The van der Waals surface area contributed by atoms with E-state index in [1.807, 2.05) is 13.8 Å². The lowest BCUT2D eigenvalue weighted by Crippen LogP contribution is -2.40. The van der Waals surface area contributed by atoms with E-state index in [1.54, 1.807) is 19.1 Å². The van der Waals surface area contributed by atoms with Gasteiger partial charge in [-0.25, -0.2) is 0 Å². The molecule has 7 heteroatoms. The van der Waals surface area contributed by atoms with Crippen molar-refractivity contribution in [3.05, 3.63) is 23.8 Å². The lowest BCUT2D eigenvalue weighted by atomic mass is 9.82. The average molecular weight is 345 g/mol. The van der Waals surface area contributed by atoms with Crippen LogP contribution in [0.1, 0.15) is 39.2 Å². The van der Waals surface area contributed by atoms with Gasteiger partial charge >= 0.3 is 12.6 Å². The number of hydrogen-bond donors (Lipinski definition) is 2. The number of aliphatic carboxylic acids is 1. The third kappa shape index (κ3) is 5.33. The molecule has 0 saturated heterocycles. The number of halogens is 2. The SMILES string of the molecule is CCOc1cc(CNCC(CC)(CC)C(=O)O)ccc1OC(F)F. The summed E-state index contributed by atoms with van der Waals surface area (Å²) in [5, 5.41) is 12.5. The molecule has 0 aliphatic rings. The van der Waals surface area contributed by atoms with Crippen molar-refractivity contribution in [2.45, 2.75) is 46.8 Å². The zero-order chi connectivity index (χ0) is 18.2. The van der Waals surface area contributed by atoms with Crippen molar-refractivity contribution < 1.29 is 28.2 Å².